The maximum absolute atomic E-state index is 9.64. The molecule has 1 aliphatic rings. The predicted octanol–water partition coefficient (Wildman–Crippen LogP) is 0.0858. The SMILES string of the molecule is COCCOCC(O)CNCCN1CCCCC1. The Morgan fingerprint density at radius 3 is 2.72 bits per heavy atom. The Kier molecular flexibility index (Phi) is 9.42. The van der Waals surface area contributed by atoms with Gasteiger partial charge in [0.05, 0.1) is 25.9 Å². The molecule has 0 aromatic heterocycles. The molecule has 1 rings (SSSR count). The number of hydrogen-bond acceptors (Lipinski definition) is 5. The largest absolute Gasteiger partial charge is 0.389 e. The maximum Gasteiger partial charge on any atom is 0.0897 e. The first-order valence-electron chi connectivity index (χ1n) is 7.00. The molecule has 0 radical (unpaired) electrons. The van der Waals surface area contributed by atoms with Crippen LogP contribution in [0.3, 0.4) is 0 Å². The monoisotopic (exact) mass is 260 g/mol. The van der Waals surface area contributed by atoms with Crippen molar-refractivity contribution in [3.8, 4) is 0 Å². The summed E-state index contributed by atoms with van der Waals surface area (Å²) in [5, 5.41) is 12.9. The van der Waals surface area contributed by atoms with E-state index in [-0.39, 0.29) is 0 Å². The summed E-state index contributed by atoms with van der Waals surface area (Å²) in [5.74, 6) is 0. The van der Waals surface area contributed by atoms with Crippen molar-refractivity contribution in [3.05, 3.63) is 0 Å². The van der Waals surface area contributed by atoms with Gasteiger partial charge in [-0.3, -0.25) is 0 Å². The van der Waals surface area contributed by atoms with Crippen LogP contribution in [0.15, 0.2) is 0 Å². The molecule has 1 unspecified atom stereocenters. The number of piperidine rings is 1. The fraction of sp³-hybridized carbons (Fsp3) is 1.00. The van der Waals surface area contributed by atoms with E-state index >= 15 is 0 Å². The summed E-state index contributed by atoms with van der Waals surface area (Å²) in [6.45, 7) is 6.57. The lowest BCUT2D eigenvalue weighted by molar-refractivity contribution is 0.0137. The van der Waals surface area contributed by atoms with Crippen LogP contribution in [0, 0.1) is 0 Å². The van der Waals surface area contributed by atoms with Gasteiger partial charge in [0.25, 0.3) is 0 Å². The fourth-order valence-electron chi connectivity index (χ4n) is 2.11. The van der Waals surface area contributed by atoms with Crippen LogP contribution < -0.4 is 5.32 Å². The van der Waals surface area contributed by atoms with Crippen LogP contribution in [0.2, 0.25) is 0 Å². The van der Waals surface area contributed by atoms with Gasteiger partial charge in [-0.25, -0.2) is 0 Å². The summed E-state index contributed by atoms with van der Waals surface area (Å²) < 4.78 is 10.1. The fourth-order valence-corrected chi connectivity index (χ4v) is 2.11. The number of likely N-dealkylation sites (tertiary alicyclic amines) is 1. The number of methoxy groups -OCH3 is 1. The standard InChI is InChI=1S/C13H28N2O3/c1-17-9-10-18-12-13(16)11-14-5-8-15-6-3-2-4-7-15/h13-14,16H,2-12H2,1H3. The maximum atomic E-state index is 9.64. The lowest BCUT2D eigenvalue weighted by Crippen LogP contribution is -2.38. The molecule has 0 aromatic rings. The molecule has 0 amide bonds. The molecule has 0 spiro atoms. The van der Waals surface area contributed by atoms with Crippen LogP contribution in [0.1, 0.15) is 19.3 Å². The van der Waals surface area contributed by atoms with E-state index in [9.17, 15) is 5.11 Å². The van der Waals surface area contributed by atoms with E-state index in [1.165, 1.54) is 32.4 Å². The Morgan fingerprint density at radius 1 is 1.22 bits per heavy atom. The van der Waals surface area contributed by atoms with Crippen LogP contribution in [0.5, 0.6) is 0 Å². The molecule has 2 N–H and O–H groups in total. The summed E-state index contributed by atoms with van der Waals surface area (Å²) in [4.78, 5) is 2.48. The molecule has 108 valence electrons. The van der Waals surface area contributed by atoms with Crippen LogP contribution in [-0.2, 0) is 9.47 Å². The van der Waals surface area contributed by atoms with E-state index < -0.39 is 6.10 Å². The van der Waals surface area contributed by atoms with E-state index in [4.69, 9.17) is 9.47 Å². The number of hydrogen-bond donors (Lipinski definition) is 2. The topological polar surface area (TPSA) is 54.0 Å². The highest BCUT2D eigenvalue weighted by atomic mass is 16.5. The summed E-state index contributed by atoms with van der Waals surface area (Å²) in [6, 6.07) is 0. The molecule has 18 heavy (non-hydrogen) atoms. The lowest BCUT2D eigenvalue weighted by atomic mass is 10.1. The van der Waals surface area contributed by atoms with Crippen LogP contribution in [0.25, 0.3) is 0 Å². The van der Waals surface area contributed by atoms with Crippen molar-refractivity contribution in [2.24, 2.45) is 0 Å². The molecule has 1 aliphatic heterocycles. The first-order valence-corrected chi connectivity index (χ1v) is 7.00. The zero-order valence-electron chi connectivity index (χ0n) is 11.6. The average molecular weight is 260 g/mol. The Balaban J connectivity index is 1.86. The van der Waals surface area contributed by atoms with Gasteiger partial charge in [0.1, 0.15) is 0 Å². The summed E-state index contributed by atoms with van der Waals surface area (Å²) >= 11 is 0. The minimum Gasteiger partial charge on any atom is -0.389 e. The van der Waals surface area contributed by atoms with Crippen molar-refractivity contribution in [1.82, 2.24) is 10.2 Å². The summed E-state index contributed by atoms with van der Waals surface area (Å²) in [7, 11) is 1.64. The van der Waals surface area contributed by atoms with Crippen molar-refractivity contribution >= 4 is 0 Å². The quantitative estimate of drug-likeness (QED) is 0.545. The van der Waals surface area contributed by atoms with E-state index in [1.54, 1.807) is 7.11 Å². The molecule has 1 fully saturated rings. The van der Waals surface area contributed by atoms with Crippen LogP contribution >= 0.6 is 0 Å². The number of aliphatic hydroxyl groups excluding tert-OH is 1. The van der Waals surface area contributed by atoms with Gasteiger partial charge in [-0.1, -0.05) is 6.42 Å². The second-order valence-corrected chi connectivity index (χ2v) is 4.83. The lowest BCUT2D eigenvalue weighted by Gasteiger charge is -2.26. The van der Waals surface area contributed by atoms with Crippen molar-refractivity contribution in [2.75, 3.05) is 59.7 Å². The van der Waals surface area contributed by atoms with Gasteiger partial charge in [0.15, 0.2) is 0 Å². The van der Waals surface area contributed by atoms with Gasteiger partial charge in [-0.05, 0) is 25.9 Å². The minimum atomic E-state index is -0.428. The third-order valence-corrected chi connectivity index (χ3v) is 3.18. The number of nitrogens with one attached hydrogen (secondary N) is 1. The zero-order chi connectivity index (χ0) is 13.1. The highest BCUT2D eigenvalue weighted by molar-refractivity contribution is 4.66. The van der Waals surface area contributed by atoms with E-state index in [0.29, 0.717) is 26.4 Å². The third-order valence-electron chi connectivity index (χ3n) is 3.18. The average Bonchev–Trinajstić information content (AvgIpc) is 2.41. The Hall–Kier alpha value is -0.200. The van der Waals surface area contributed by atoms with E-state index in [1.807, 2.05) is 0 Å². The van der Waals surface area contributed by atoms with Gasteiger partial charge < -0.3 is 24.8 Å². The highest BCUT2D eigenvalue weighted by Gasteiger charge is 2.09. The van der Waals surface area contributed by atoms with Crippen molar-refractivity contribution in [1.29, 1.82) is 0 Å². The van der Waals surface area contributed by atoms with Crippen molar-refractivity contribution < 1.29 is 14.6 Å². The minimum absolute atomic E-state index is 0.375. The molecule has 5 heteroatoms. The molecule has 0 saturated carbocycles. The number of nitrogens with zero attached hydrogens (tertiary/aromatic N) is 1. The van der Waals surface area contributed by atoms with Crippen molar-refractivity contribution in [3.63, 3.8) is 0 Å². The molecular weight excluding hydrogens is 232 g/mol. The van der Waals surface area contributed by atoms with Crippen LogP contribution in [0.4, 0.5) is 0 Å². The number of aliphatic hydroxyl groups is 1. The smallest absolute Gasteiger partial charge is 0.0897 e. The van der Waals surface area contributed by atoms with Gasteiger partial charge in [0, 0.05) is 26.7 Å². The first kappa shape index (κ1) is 15.9. The molecule has 0 aromatic carbocycles. The molecule has 0 bridgehead atoms. The Morgan fingerprint density at radius 2 is 2.00 bits per heavy atom. The molecule has 1 atom stereocenters. The second-order valence-electron chi connectivity index (χ2n) is 4.83. The van der Waals surface area contributed by atoms with Crippen molar-refractivity contribution in [2.45, 2.75) is 25.4 Å². The highest BCUT2D eigenvalue weighted by Crippen LogP contribution is 2.07. The van der Waals surface area contributed by atoms with Gasteiger partial charge >= 0.3 is 0 Å². The Bertz CT molecular complexity index is 187. The molecule has 0 aliphatic carbocycles. The molecular formula is C13H28N2O3. The Labute approximate surface area is 110 Å². The summed E-state index contributed by atoms with van der Waals surface area (Å²) in [5.41, 5.74) is 0. The van der Waals surface area contributed by atoms with Gasteiger partial charge in [-0.15, -0.1) is 0 Å². The van der Waals surface area contributed by atoms with Gasteiger partial charge in [0.2, 0.25) is 0 Å². The molecule has 5 nitrogen and oxygen atoms in total. The van der Waals surface area contributed by atoms with Gasteiger partial charge in [-0.2, -0.15) is 0 Å². The second kappa shape index (κ2) is 10.7. The summed E-state index contributed by atoms with van der Waals surface area (Å²) in [6.07, 6.45) is 3.61. The number of rotatable bonds is 10. The predicted molar refractivity (Wildman–Crippen MR) is 71.9 cm³/mol. The van der Waals surface area contributed by atoms with E-state index in [0.717, 1.165) is 13.1 Å². The molecule has 1 heterocycles. The normalized spacial score (nSPS) is 19.0. The van der Waals surface area contributed by atoms with Crippen LogP contribution in [-0.4, -0.2) is 75.8 Å². The molecule has 1 saturated heterocycles. The zero-order valence-corrected chi connectivity index (χ0v) is 11.6. The third kappa shape index (κ3) is 8.00. The number of ether oxygens (including phenoxy) is 2. The van der Waals surface area contributed by atoms with E-state index in [2.05, 4.69) is 10.2 Å². The first-order chi connectivity index (χ1) is 8.83.